The minimum absolute atomic E-state index is 0.165. The van der Waals surface area contributed by atoms with Crippen LogP contribution in [-0.2, 0) is 19.9 Å². The summed E-state index contributed by atoms with van der Waals surface area (Å²) in [5.74, 6) is -0.407. The molecule has 0 aliphatic carbocycles. The highest BCUT2D eigenvalue weighted by Crippen LogP contribution is 2.21. The van der Waals surface area contributed by atoms with Crippen LogP contribution in [0.15, 0.2) is 58.3 Å². The van der Waals surface area contributed by atoms with Crippen LogP contribution < -0.4 is 5.32 Å². The van der Waals surface area contributed by atoms with Gasteiger partial charge in [0.05, 0.1) is 9.79 Å². The van der Waals surface area contributed by atoms with Gasteiger partial charge < -0.3 is 5.32 Å². The van der Waals surface area contributed by atoms with Crippen molar-refractivity contribution in [2.24, 2.45) is 0 Å². The van der Waals surface area contributed by atoms with Gasteiger partial charge in [-0.05, 0) is 61.4 Å². The summed E-state index contributed by atoms with van der Waals surface area (Å²) < 4.78 is 50.1. The molecule has 2 aromatic carbocycles. The number of amides is 1. The lowest BCUT2D eigenvalue weighted by molar-refractivity contribution is 0.102. The highest BCUT2D eigenvalue weighted by atomic mass is 32.2. The summed E-state index contributed by atoms with van der Waals surface area (Å²) in [6.45, 7) is 1.04. The molecule has 156 valence electrons. The number of nitrogens with zero attached hydrogens (tertiary/aromatic N) is 1. The lowest BCUT2D eigenvalue weighted by atomic mass is 10.2. The highest BCUT2D eigenvalue weighted by molar-refractivity contribution is 7.90. The third-order valence-electron chi connectivity index (χ3n) is 4.86. The molecule has 0 atom stereocenters. The monoisotopic (exact) mass is 436 g/mol. The maximum atomic E-state index is 12.8. The lowest BCUT2D eigenvalue weighted by Gasteiger charge is -2.20. The Morgan fingerprint density at radius 1 is 0.793 bits per heavy atom. The van der Waals surface area contributed by atoms with Crippen molar-refractivity contribution in [2.75, 3.05) is 24.7 Å². The molecule has 2 aromatic rings. The number of nitrogens with one attached hydrogen (secondary N) is 1. The number of hydrogen-bond donors (Lipinski definition) is 1. The molecule has 1 N–H and O–H groups in total. The quantitative estimate of drug-likeness (QED) is 0.777. The molecule has 0 unspecified atom stereocenters. The number of carbonyl (C=O) groups is 1. The number of rotatable bonds is 5. The van der Waals surface area contributed by atoms with Crippen molar-refractivity contribution in [1.82, 2.24) is 4.31 Å². The number of sulfonamides is 1. The zero-order chi connectivity index (χ0) is 21.1. The van der Waals surface area contributed by atoms with Gasteiger partial charge in [0.25, 0.3) is 5.91 Å². The maximum absolute atomic E-state index is 12.8. The topological polar surface area (TPSA) is 101 Å². The molecular formula is C20H24N2O5S2. The second kappa shape index (κ2) is 8.64. The third-order valence-corrected chi connectivity index (χ3v) is 7.90. The fourth-order valence-electron chi connectivity index (χ4n) is 3.20. The van der Waals surface area contributed by atoms with Crippen molar-refractivity contribution in [3.63, 3.8) is 0 Å². The number of hydrogen-bond acceptors (Lipinski definition) is 5. The van der Waals surface area contributed by atoms with Gasteiger partial charge in [-0.3, -0.25) is 4.79 Å². The van der Waals surface area contributed by atoms with Crippen molar-refractivity contribution in [3.8, 4) is 0 Å². The van der Waals surface area contributed by atoms with E-state index in [1.165, 1.54) is 52.8 Å². The molecule has 1 fully saturated rings. The molecule has 0 radical (unpaired) electrons. The van der Waals surface area contributed by atoms with E-state index in [1.807, 2.05) is 0 Å². The second-order valence-electron chi connectivity index (χ2n) is 7.09. The first-order chi connectivity index (χ1) is 13.7. The van der Waals surface area contributed by atoms with E-state index in [9.17, 15) is 21.6 Å². The van der Waals surface area contributed by atoms with E-state index < -0.39 is 25.8 Å². The molecule has 29 heavy (non-hydrogen) atoms. The zero-order valence-corrected chi connectivity index (χ0v) is 17.8. The molecule has 7 nitrogen and oxygen atoms in total. The Labute approximate surface area is 171 Å². The Morgan fingerprint density at radius 2 is 1.31 bits per heavy atom. The standard InChI is InChI=1S/C20H24N2O5S2/c1-28(24,25)18-12-8-17(9-13-18)21-20(23)16-6-10-19(11-7-16)29(26,27)22-14-4-2-3-5-15-22/h6-13H,2-5,14-15H2,1H3,(H,21,23). The van der Waals surface area contributed by atoms with E-state index in [0.717, 1.165) is 31.9 Å². The predicted octanol–water partition coefficient (Wildman–Crippen LogP) is 2.91. The molecule has 1 heterocycles. The molecule has 1 saturated heterocycles. The van der Waals surface area contributed by atoms with Gasteiger partial charge in [0, 0.05) is 30.6 Å². The summed E-state index contributed by atoms with van der Waals surface area (Å²) in [4.78, 5) is 12.8. The van der Waals surface area contributed by atoms with Gasteiger partial charge in [0.15, 0.2) is 9.84 Å². The number of benzene rings is 2. The second-order valence-corrected chi connectivity index (χ2v) is 11.0. The summed E-state index contributed by atoms with van der Waals surface area (Å²) in [6.07, 6.45) is 4.91. The molecule has 3 rings (SSSR count). The Kier molecular flexibility index (Phi) is 6.40. The normalized spacial score (nSPS) is 16.2. The van der Waals surface area contributed by atoms with E-state index in [1.54, 1.807) is 0 Å². The summed E-state index contributed by atoms with van der Waals surface area (Å²) in [5, 5.41) is 2.67. The van der Waals surface area contributed by atoms with Gasteiger partial charge in [-0.15, -0.1) is 0 Å². The average molecular weight is 437 g/mol. The van der Waals surface area contributed by atoms with Crippen molar-refractivity contribution in [3.05, 3.63) is 54.1 Å². The minimum atomic E-state index is -3.56. The van der Waals surface area contributed by atoms with Crippen molar-refractivity contribution in [2.45, 2.75) is 35.5 Å². The van der Waals surface area contributed by atoms with Crippen molar-refractivity contribution in [1.29, 1.82) is 0 Å². The number of carbonyl (C=O) groups excluding carboxylic acids is 1. The summed E-state index contributed by atoms with van der Waals surface area (Å²) in [7, 11) is -6.86. The molecule has 1 aliphatic heterocycles. The van der Waals surface area contributed by atoms with Gasteiger partial charge in [-0.25, -0.2) is 16.8 Å². The molecule has 1 aliphatic rings. The van der Waals surface area contributed by atoms with Crippen LogP contribution in [0.2, 0.25) is 0 Å². The van der Waals surface area contributed by atoms with Crippen molar-refractivity contribution < 1.29 is 21.6 Å². The Hall–Kier alpha value is -2.23. The maximum Gasteiger partial charge on any atom is 0.255 e. The van der Waals surface area contributed by atoms with Crippen LogP contribution in [0.4, 0.5) is 5.69 Å². The SMILES string of the molecule is CS(=O)(=O)c1ccc(NC(=O)c2ccc(S(=O)(=O)N3CCCCCC3)cc2)cc1. The summed E-state index contributed by atoms with van der Waals surface area (Å²) in [5.41, 5.74) is 0.760. The Bertz CT molecular complexity index is 1070. The van der Waals surface area contributed by atoms with Crippen LogP contribution in [0.1, 0.15) is 36.0 Å². The largest absolute Gasteiger partial charge is 0.322 e. The van der Waals surface area contributed by atoms with E-state index in [2.05, 4.69) is 5.32 Å². The van der Waals surface area contributed by atoms with Gasteiger partial charge >= 0.3 is 0 Å². The smallest absolute Gasteiger partial charge is 0.255 e. The molecular weight excluding hydrogens is 412 g/mol. The van der Waals surface area contributed by atoms with Gasteiger partial charge in [-0.1, -0.05) is 12.8 Å². The molecule has 0 saturated carbocycles. The highest BCUT2D eigenvalue weighted by Gasteiger charge is 2.25. The van der Waals surface area contributed by atoms with Gasteiger partial charge in [0.1, 0.15) is 0 Å². The van der Waals surface area contributed by atoms with E-state index in [0.29, 0.717) is 24.3 Å². The number of sulfone groups is 1. The fraction of sp³-hybridized carbons (Fsp3) is 0.350. The van der Waals surface area contributed by atoms with Gasteiger partial charge in [-0.2, -0.15) is 4.31 Å². The lowest BCUT2D eigenvalue weighted by Crippen LogP contribution is -2.31. The van der Waals surface area contributed by atoms with Crippen LogP contribution in [-0.4, -0.2) is 46.4 Å². The van der Waals surface area contributed by atoms with Crippen LogP contribution >= 0.6 is 0 Å². The first-order valence-electron chi connectivity index (χ1n) is 9.40. The van der Waals surface area contributed by atoms with E-state index in [4.69, 9.17) is 0 Å². The van der Waals surface area contributed by atoms with Crippen LogP contribution in [0.3, 0.4) is 0 Å². The molecule has 0 bridgehead atoms. The molecule has 0 aromatic heterocycles. The average Bonchev–Trinajstić information content (AvgIpc) is 2.98. The Balaban J connectivity index is 1.71. The fourth-order valence-corrected chi connectivity index (χ4v) is 5.35. The van der Waals surface area contributed by atoms with Gasteiger partial charge in [0.2, 0.25) is 10.0 Å². The summed E-state index contributed by atoms with van der Waals surface area (Å²) >= 11 is 0. The third kappa shape index (κ3) is 5.23. The van der Waals surface area contributed by atoms with Crippen molar-refractivity contribution >= 4 is 31.5 Å². The summed E-state index contributed by atoms with van der Waals surface area (Å²) in [6, 6.07) is 11.7. The van der Waals surface area contributed by atoms with Crippen LogP contribution in [0.5, 0.6) is 0 Å². The molecule has 0 spiro atoms. The minimum Gasteiger partial charge on any atom is -0.322 e. The first kappa shape index (κ1) is 21.5. The van der Waals surface area contributed by atoms with E-state index >= 15 is 0 Å². The molecule has 1 amide bonds. The number of anilines is 1. The van der Waals surface area contributed by atoms with Crippen LogP contribution in [0, 0.1) is 0 Å². The zero-order valence-electron chi connectivity index (χ0n) is 16.2. The first-order valence-corrected chi connectivity index (χ1v) is 12.7. The van der Waals surface area contributed by atoms with Crippen LogP contribution in [0.25, 0.3) is 0 Å². The predicted molar refractivity (Wildman–Crippen MR) is 111 cm³/mol. The Morgan fingerprint density at radius 3 is 1.83 bits per heavy atom. The van der Waals surface area contributed by atoms with E-state index in [-0.39, 0.29) is 9.79 Å². The molecule has 9 heteroatoms.